The van der Waals surface area contributed by atoms with Crippen molar-refractivity contribution in [2.45, 2.75) is 26.7 Å². The number of esters is 1. The lowest BCUT2D eigenvalue weighted by Gasteiger charge is -2.18. The summed E-state index contributed by atoms with van der Waals surface area (Å²) in [5.41, 5.74) is 2.36. The van der Waals surface area contributed by atoms with Crippen molar-refractivity contribution >= 4 is 52.4 Å². The fraction of sp³-hybridized carbons (Fsp3) is 0.200. The molecule has 0 aromatic heterocycles. The predicted molar refractivity (Wildman–Crippen MR) is 153 cm³/mol. The Kier molecular flexibility index (Phi) is 8.86. The Labute approximate surface area is 236 Å². The highest BCUT2D eigenvalue weighted by molar-refractivity contribution is 6.53. The van der Waals surface area contributed by atoms with Crippen LogP contribution < -0.4 is 20.3 Å². The van der Waals surface area contributed by atoms with E-state index in [9.17, 15) is 19.2 Å². The van der Waals surface area contributed by atoms with Crippen LogP contribution in [0.2, 0.25) is 0 Å². The number of nitrogens with zero attached hydrogens (tertiary/aromatic N) is 1. The van der Waals surface area contributed by atoms with Crippen LogP contribution in [0.3, 0.4) is 0 Å². The summed E-state index contributed by atoms with van der Waals surface area (Å²) in [6, 6.07) is 17.9. The maximum Gasteiger partial charge on any atom is 0.338 e. The van der Waals surface area contributed by atoms with E-state index in [0.29, 0.717) is 29.3 Å². The lowest BCUT2D eigenvalue weighted by atomic mass is 10.1. The third kappa shape index (κ3) is 6.16. The first kappa shape index (κ1) is 28.4. The van der Waals surface area contributed by atoms with E-state index in [1.807, 2.05) is 13.8 Å². The molecule has 3 amide bonds. The Hall–Kier alpha value is -4.63. The van der Waals surface area contributed by atoms with Gasteiger partial charge in [-0.1, -0.05) is 43.1 Å². The van der Waals surface area contributed by atoms with Crippen LogP contribution in [0.15, 0.2) is 77.5 Å². The van der Waals surface area contributed by atoms with E-state index in [0.717, 1.165) is 23.3 Å². The van der Waals surface area contributed by atoms with Gasteiger partial charge in [0.1, 0.15) is 16.5 Å². The molecule has 2 N–H and O–H groups in total. The van der Waals surface area contributed by atoms with Crippen LogP contribution in [0, 0.1) is 6.92 Å². The number of aryl methyl sites for hydroxylation is 1. The van der Waals surface area contributed by atoms with Crippen LogP contribution >= 0.6 is 11.6 Å². The number of nitrogens with one attached hydrogen (secondary N) is 2. The summed E-state index contributed by atoms with van der Waals surface area (Å²) in [7, 11) is 1.44. The van der Waals surface area contributed by atoms with Crippen LogP contribution in [0.25, 0.3) is 0 Å². The molecule has 0 unspecified atom stereocenters. The van der Waals surface area contributed by atoms with Gasteiger partial charge < -0.3 is 20.1 Å². The number of anilines is 3. The molecule has 0 fully saturated rings. The molecule has 9 nitrogen and oxygen atoms in total. The molecule has 10 heteroatoms. The van der Waals surface area contributed by atoms with E-state index in [1.54, 1.807) is 54.6 Å². The molecule has 0 saturated heterocycles. The van der Waals surface area contributed by atoms with Gasteiger partial charge in [-0.3, -0.25) is 14.4 Å². The molecule has 40 heavy (non-hydrogen) atoms. The molecule has 4 rings (SSSR count). The van der Waals surface area contributed by atoms with Crippen molar-refractivity contribution < 1.29 is 28.7 Å². The number of benzene rings is 3. The summed E-state index contributed by atoms with van der Waals surface area (Å²) in [6.07, 6.45) is 1.68. The van der Waals surface area contributed by atoms with Gasteiger partial charge in [0.15, 0.2) is 0 Å². The van der Waals surface area contributed by atoms with E-state index < -0.39 is 23.7 Å². The second kappa shape index (κ2) is 12.5. The normalized spacial score (nSPS) is 12.9. The van der Waals surface area contributed by atoms with Crippen LogP contribution in [-0.4, -0.2) is 37.4 Å². The Balaban J connectivity index is 1.49. The number of methoxy groups -OCH3 is 1. The van der Waals surface area contributed by atoms with E-state index in [2.05, 4.69) is 10.6 Å². The summed E-state index contributed by atoms with van der Waals surface area (Å²) >= 11 is 6.29. The van der Waals surface area contributed by atoms with Gasteiger partial charge in [0.2, 0.25) is 0 Å². The average Bonchev–Trinajstić information content (AvgIpc) is 3.16. The van der Waals surface area contributed by atoms with Gasteiger partial charge in [0.25, 0.3) is 17.7 Å². The average molecular weight is 562 g/mol. The number of ether oxygens (including phenoxy) is 2. The molecule has 0 aliphatic carbocycles. The number of carbonyl (C=O) groups excluding carboxylic acids is 4. The maximum absolute atomic E-state index is 13.3. The molecule has 0 bridgehead atoms. The molecule has 1 aliphatic heterocycles. The van der Waals surface area contributed by atoms with Crippen molar-refractivity contribution in [2.24, 2.45) is 0 Å². The Morgan fingerprint density at radius 1 is 0.925 bits per heavy atom. The molecule has 206 valence electrons. The minimum atomic E-state index is -0.694. The molecule has 1 heterocycles. The zero-order valence-corrected chi connectivity index (χ0v) is 23.0. The highest BCUT2D eigenvalue weighted by Crippen LogP contribution is 2.36. The van der Waals surface area contributed by atoms with Gasteiger partial charge in [0, 0.05) is 16.9 Å². The zero-order chi connectivity index (χ0) is 28.8. The number of unbranched alkanes of at least 4 members (excludes halogenated alkanes) is 1. The Morgan fingerprint density at radius 3 is 2.35 bits per heavy atom. The van der Waals surface area contributed by atoms with Crippen LogP contribution in [-0.2, 0) is 14.3 Å². The van der Waals surface area contributed by atoms with Gasteiger partial charge in [-0.05, 0) is 67.4 Å². The van der Waals surface area contributed by atoms with Crippen LogP contribution in [0.5, 0.6) is 5.75 Å². The first-order valence-corrected chi connectivity index (χ1v) is 13.0. The van der Waals surface area contributed by atoms with Gasteiger partial charge in [0.05, 0.1) is 25.0 Å². The van der Waals surface area contributed by atoms with Crippen molar-refractivity contribution in [2.75, 3.05) is 29.3 Å². The highest BCUT2D eigenvalue weighted by atomic mass is 35.5. The third-order valence-electron chi connectivity index (χ3n) is 6.08. The van der Waals surface area contributed by atoms with E-state index in [4.69, 9.17) is 21.1 Å². The maximum atomic E-state index is 13.3. The molecular weight excluding hydrogens is 534 g/mol. The molecule has 0 atom stereocenters. The Morgan fingerprint density at radius 2 is 1.62 bits per heavy atom. The number of hydrogen-bond donors (Lipinski definition) is 2. The fourth-order valence-corrected chi connectivity index (χ4v) is 4.22. The standard InChI is InChI=1S/C30H28ClN3O6/c1-4-5-14-40-30(38)20-9-7-11-22(17-20)33-27(35)19-8-6-10-21(16-19)32-26-25(31)28(36)34(29(26)37)23-15-18(2)12-13-24(23)39-3/h6-13,15-17,32H,4-5,14H2,1-3H3,(H,33,35). The van der Waals surface area contributed by atoms with Crippen molar-refractivity contribution in [3.8, 4) is 5.75 Å². The predicted octanol–water partition coefficient (Wildman–Crippen LogP) is 5.65. The molecule has 0 spiro atoms. The summed E-state index contributed by atoms with van der Waals surface area (Å²) in [4.78, 5) is 52.4. The van der Waals surface area contributed by atoms with Gasteiger partial charge in [-0.2, -0.15) is 0 Å². The number of carbonyl (C=O) groups is 4. The third-order valence-corrected chi connectivity index (χ3v) is 6.43. The SMILES string of the molecule is CCCCOC(=O)c1cccc(NC(=O)c2cccc(NC3=C(Cl)C(=O)N(c4cc(C)ccc4OC)C3=O)c2)c1. The monoisotopic (exact) mass is 561 g/mol. The lowest BCUT2D eigenvalue weighted by Crippen LogP contribution is -2.32. The minimum absolute atomic E-state index is 0.123. The van der Waals surface area contributed by atoms with E-state index in [-0.39, 0.29) is 22.0 Å². The number of rotatable bonds is 10. The van der Waals surface area contributed by atoms with Crippen LogP contribution in [0.1, 0.15) is 46.0 Å². The molecule has 3 aromatic rings. The van der Waals surface area contributed by atoms with Gasteiger partial charge in [-0.25, -0.2) is 9.69 Å². The summed E-state index contributed by atoms with van der Waals surface area (Å²) < 4.78 is 10.6. The highest BCUT2D eigenvalue weighted by Gasteiger charge is 2.40. The van der Waals surface area contributed by atoms with Crippen LogP contribution in [0.4, 0.5) is 17.1 Å². The Bertz CT molecular complexity index is 1520. The molecule has 0 saturated carbocycles. The quantitative estimate of drug-likeness (QED) is 0.187. The fourth-order valence-electron chi connectivity index (χ4n) is 4.01. The first-order valence-electron chi connectivity index (χ1n) is 12.6. The second-order valence-electron chi connectivity index (χ2n) is 9.04. The van der Waals surface area contributed by atoms with E-state index >= 15 is 0 Å². The van der Waals surface area contributed by atoms with Gasteiger partial charge >= 0.3 is 5.97 Å². The van der Waals surface area contributed by atoms with Crippen molar-refractivity contribution in [3.05, 3.63) is 94.1 Å². The topological polar surface area (TPSA) is 114 Å². The largest absolute Gasteiger partial charge is 0.495 e. The smallest absolute Gasteiger partial charge is 0.338 e. The summed E-state index contributed by atoms with van der Waals surface area (Å²) in [5.74, 6) is -1.92. The second-order valence-corrected chi connectivity index (χ2v) is 9.42. The number of halogens is 1. The van der Waals surface area contributed by atoms with Crippen molar-refractivity contribution in [1.29, 1.82) is 0 Å². The lowest BCUT2D eigenvalue weighted by molar-refractivity contribution is -0.120. The first-order chi connectivity index (χ1) is 19.2. The summed E-state index contributed by atoms with van der Waals surface area (Å²) in [5, 5.41) is 5.35. The van der Waals surface area contributed by atoms with Crippen molar-refractivity contribution in [3.63, 3.8) is 0 Å². The number of amides is 3. The number of hydrogen-bond acceptors (Lipinski definition) is 7. The molecular formula is C30H28ClN3O6. The number of imide groups is 1. The van der Waals surface area contributed by atoms with Gasteiger partial charge in [-0.15, -0.1) is 0 Å². The minimum Gasteiger partial charge on any atom is -0.495 e. The van der Waals surface area contributed by atoms with E-state index in [1.165, 1.54) is 19.2 Å². The summed E-state index contributed by atoms with van der Waals surface area (Å²) in [6.45, 7) is 4.16. The molecule has 3 aromatic carbocycles. The molecule has 1 aliphatic rings. The zero-order valence-electron chi connectivity index (χ0n) is 22.2. The molecule has 0 radical (unpaired) electrons. The van der Waals surface area contributed by atoms with Crippen molar-refractivity contribution in [1.82, 2.24) is 0 Å².